The second-order valence-corrected chi connectivity index (χ2v) is 6.69. The van der Waals surface area contributed by atoms with Crippen LogP contribution >= 0.6 is 0 Å². The van der Waals surface area contributed by atoms with Crippen molar-refractivity contribution in [3.05, 3.63) is 59.7 Å². The van der Waals surface area contributed by atoms with Crippen molar-refractivity contribution in [2.24, 2.45) is 11.0 Å². The van der Waals surface area contributed by atoms with Crippen molar-refractivity contribution in [3.63, 3.8) is 0 Å². The van der Waals surface area contributed by atoms with E-state index in [2.05, 4.69) is 29.7 Å². The number of ether oxygens (including phenoxy) is 1. The molecular formula is C21H25N3O3. The first-order valence-electron chi connectivity index (χ1n) is 8.80. The Kier molecular flexibility index (Phi) is 7.11. The van der Waals surface area contributed by atoms with E-state index in [9.17, 15) is 9.59 Å². The van der Waals surface area contributed by atoms with E-state index >= 15 is 0 Å². The molecule has 0 saturated carbocycles. The van der Waals surface area contributed by atoms with E-state index in [1.807, 2.05) is 43.3 Å². The number of carbonyl (C=O) groups is 2. The number of hydrazone groups is 1. The molecule has 0 radical (unpaired) electrons. The quantitative estimate of drug-likeness (QED) is 0.466. The molecule has 6 nitrogen and oxygen atoms in total. The van der Waals surface area contributed by atoms with Crippen LogP contribution < -0.4 is 15.5 Å². The minimum absolute atomic E-state index is 0.453. The Labute approximate surface area is 159 Å². The topological polar surface area (TPSA) is 79.8 Å². The second-order valence-electron chi connectivity index (χ2n) is 6.69. The molecule has 0 atom stereocenters. The van der Waals surface area contributed by atoms with Crippen LogP contribution in [0, 0.1) is 12.8 Å². The van der Waals surface area contributed by atoms with Crippen molar-refractivity contribution >= 4 is 23.2 Å². The van der Waals surface area contributed by atoms with E-state index in [1.165, 1.54) is 0 Å². The first kappa shape index (κ1) is 20.2. The molecule has 0 aliphatic rings. The summed E-state index contributed by atoms with van der Waals surface area (Å²) in [6, 6.07) is 14.6. The zero-order chi connectivity index (χ0) is 19.8. The maximum Gasteiger partial charge on any atom is 0.329 e. The summed E-state index contributed by atoms with van der Waals surface area (Å²) in [4.78, 5) is 23.8. The van der Waals surface area contributed by atoms with Gasteiger partial charge in [0, 0.05) is 5.69 Å². The molecule has 0 unspecified atom stereocenters. The maximum absolute atomic E-state index is 11.9. The molecule has 0 aromatic heterocycles. The summed E-state index contributed by atoms with van der Waals surface area (Å²) in [7, 11) is 0. The van der Waals surface area contributed by atoms with Crippen LogP contribution in [-0.4, -0.2) is 24.1 Å². The molecule has 2 rings (SSSR count). The molecule has 0 saturated heterocycles. The number of nitrogens with one attached hydrogen (secondary N) is 2. The third-order valence-corrected chi connectivity index (χ3v) is 3.70. The van der Waals surface area contributed by atoms with Gasteiger partial charge in [-0.1, -0.05) is 31.5 Å². The molecule has 2 aromatic rings. The number of amides is 2. The van der Waals surface area contributed by atoms with Gasteiger partial charge < -0.3 is 10.1 Å². The molecule has 0 aliphatic heterocycles. The van der Waals surface area contributed by atoms with Gasteiger partial charge in [0.1, 0.15) is 5.75 Å². The van der Waals surface area contributed by atoms with Crippen molar-refractivity contribution in [2.45, 2.75) is 27.7 Å². The Morgan fingerprint density at radius 1 is 1.00 bits per heavy atom. The van der Waals surface area contributed by atoms with Crippen molar-refractivity contribution < 1.29 is 14.3 Å². The summed E-state index contributed by atoms with van der Waals surface area (Å²) in [6.07, 6.45) is 0. The first-order valence-corrected chi connectivity index (χ1v) is 8.80. The van der Waals surface area contributed by atoms with Crippen LogP contribution in [0.15, 0.2) is 53.6 Å². The summed E-state index contributed by atoms with van der Waals surface area (Å²) in [5.74, 6) is -0.365. The van der Waals surface area contributed by atoms with E-state index < -0.39 is 11.8 Å². The van der Waals surface area contributed by atoms with Gasteiger partial charge >= 0.3 is 11.8 Å². The number of rotatable bonds is 6. The van der Waals surface area contributed by atoms with E-state index in [0.29, 0.717) is 23.9 Å². The van der Waals surface area contributed by atoms with Crippen molar-refractivity contribution in [1.29, 1.82) is 0 Å². The van der Waals surface area contributed by atoms with E-state index in [0.717, 1.165) is 16.9 Å². The fraction of sp³-hybridized carbons (Fsp3) is 0.286. The summed E-state index contributed by atoms with van der Waals surface area (Å²) in [5.41, 5.74) is 5.30. The van der Waals surface area contributed by atoms with E-state index in [4.69, 9.17) is 4.74 Å². The maximum atomic E-state index is 11.9. The monoisotopic (exact) mass is 367 g/mol. The number of anilines is 1. The smallest absolute Gasteiger partial charge is 0.329 e. The number of aryl methyl sites for hydroxylation is 1. The SMILES string of the molecule is C/C(=N/NC(=O)C(=O)Nc1ccc(C)cc1)c1ccc(OCC(C)C)cc1. The minimum Gasteiger partial charge on any atom is -0.493 e. The highest BCUT2D eigenvalue weighted by atomic mass is 16.5. The highest BCUT2D eigenvalue weighted by molar-refractivity contribution is 6.39. The molecule has 0 spiro atoms. The zero-order valence-corrected chi connectivity index (χ0v) is 16.1. The lowest BCUT2D eigenvalue weighted by Crippen LogP contribution is -2.32. The van der Waals surface area contributed by atoms with Gasteiger partial charge in [0.05, 0.1) is 12.3 Å². The fourth-order valence-electron chi connectivity index (χ4n) is 2.13. The number of nitrogens with zero attached hydrogens (tertiary/aromatic N) is 1. The third kappa shape index (κ3) is 6.58. The van der Waals surface area contributed by atoms with Crippen LogP contribution in [0.2, 0.25) is 0 Å². The fourth-order valence-corrected chi connectivity index (χ4v) is 2.13. The highest BCUT2D eigenvalue weighted by Gasteiger charge is 2.13. The van der Waals surface area contributed by atoms with Gasteiger partial charge in [0.25, 0.3) is 0 Å². The Bertz CT molecular complexity index is 810. The molecule has 2 amide bonds. The Morgan fingerprint density at radius 2 is 1.63 bits per heavy atom. The average Bonchev–Trinajstić information content (AvgIpc) is 2.66. The summed E-state index contributed by atoms with van der Waals surface area (Å²) in [5, 5.41) is 6.52. The van der Waals surface area contributed by atoms with E-state index in [1.54, 1.807) is 19.1 Å². The van der Waals surface area contributed by atoms with Crippen LogP contribution in [-0.2, 0) is 9.59 Å². The molecule has 0 aliphatic carbocycles. The zero-order valence-electron chi connectivity index (χ0n) is 16.1. The van der Waals surface area contributed by atoms with Crippen molar-refractivity contribution in [1.82, 2.24) is 5.43 Å². The Balaban J connectivity index is 1.90. The molecule has 0 fully saturated rings. The highest BCUT2D eigenvalue weighted by Crippen LogP contribution is 2.14. The molecule has 0 bridgehead atoms. The van der Waals surface area contributed by atoms with Crippen LogP contribution in [0.25, 0.3) is 0 Å². The standard InChI is InChI=1S/C21H25N3O3/c1-14(2)13-27-19-11-7-17(8-12-19)16(4)23-24-21(26)20(25)22-18-9-5-15(3)6-10-18/h5-12,14H,13H2,1-4H3,(H,22,25)(H,24,26)/b23-16-. The van der Waals surface area contributed by atoms with Gasteiger partial charge in [0.15, 0.2) is 0 Å². The second kappa shape index (κ2) is 9.52. The summed E-state index contributed by atoms with van der Waals surface area (Å²) >= 11 is 0. The van der Waals surface area contributed by atoms with Crippen LogP contribution in [0.1, 0.15) is 31.9 Å². The average molecular weight is 367 g/mol. The van der Waals surface area contributed by atoms with Gasteiger partial charge in [-0.15, -0.1) is 0 Å². The van der Waals surface area contributed by atoms with Crippen LogP contribution in [0.3, 0.4) is 0 Å². The molecule has 2 aromatic carbocycles. The van der Waals surface area contributed by atoms with E-state index in [-0.39, 0.29) is 0 Å². The van der Waals surface area contributed by atoms with Gasteiger partial charge in [-0.2, -0.15) is 5.10 Å². The van der Waals surface area contributed by atoms with Crippen molar-refractivity contribution in [3.8, 4) is 5.75 Å². The van der Waals surface area contributed by atoms with Gasteiger partial charge in [-0.3, -0.25) is 9.59 Å². The number of hydrogen-bond acceptors (Lipinski definition) is 4. The summed E-state index contributed by atoms with van der Waals surface area (Å²) < 4.78 is 5.63. The first-order chi connectivity index (χ1) is 12.8. The van der Waals surface area contributed by atoms with Crippen LogP contribution in [0.5, 0.6) is 5.75 Å². The molecule has 2 N–H and O–H groups in total. The number of carbonyl (C=O) groups excluding carboxylic acids is 2. The predicted octanol–water partition coefficient (Wildman–Crippen LogP) is 3.51. The normalized spacial score (nSPS) is 11.2. The van der Waals surface area contributed by atoms with Crippen molar-refractivity contribution in [2.75, 3.05) is 11.9 Å². The lowest BCUT2D eigenvalue weighted by atomic mass is 10.1. The van der Waals surface area contributed by atoms with Crippen LogP contribution in [0.4, 0.5) is 5.69 Å². The lowest BCUT2D eigenvalue weighted by Gasteiger charge is -2.09. The van der Waals surface area contributed by atoms with Gasteiger partial charge in [-0.25, -0.2) is 5.43 Å². The molecule has 6 heteroatoms. The largest absolute Gasteiger partial charge is 0.493 e. The van der Waals surface area contributed by atoms with Gasteiger partial charge in [-0.05, 0) is 61.7 Å². The summed E-state index contributed by atoms with van der Waals surface area (Å²) in [6.45, 7) is 8.52. The Hall–Kier alpha value is -3.15. The lowest BCUT2D eigenvalue weighted by molar-refractivity contribution is -0.136. The Morgan fingerprint density at radius 3 is 2.22 bits per heavy atom. The van der Waals surface area contributed by atoms with Gasteiger partial charge in [0.2, 0.25) is 0 Å². The number of hydrogen-bond donors (Lipinski definition) is 2. The predicted molar refractivity (Wildman–Crippen MR) is 107 cm³/mol. The minimum atomic E-state index is -0.827. The molecule has 27 heavy (non-hydrogen) atoms. The molecular weight excluding hydrogens is 342 g/mol. The molecule has 142 valence electrons. The molecule has 0 heterocycles. The number of benzene rings is 2. The third-order valence-electron chi connectivity index (χ3n) is 3.70.